The fourth-order valence-corrected chi connectivity index (χ4v) is 3.34. The van der Waals surface area contributed by atoms with Gasteiger partial charge in [0.1, 0.15) is 6.04 Å². The maximum absolute atomic E-state index is 12.4. The van der Waals surface area contributed by atoms with Crippen molar-refractivity contribution in [3.05, 3.63) is 83.1 Å². The summed E-state index contributed by atoms with van der Waals surface area (Å²) in [5.41, 5.74) is 12.8. The molecule has 2 aromatic carbocycles. The van der Waals surface area contributed by atoms with E-state index in [9.17, 15) is 9.59 Å². The van der Waals surface area contributed by atoms with E-state index in [0.717, 1.165) is 5.56 Å². The average molecular weight is 411 g/mol. The Labute approximate surface area is 172 Å². The highest BCUT2D eigenvalue weighted by molar-refractivity contribution is 6.32. The number of halogens is 1. The minimum Gasteiger partial charge on any atom is -0.271 e. The molecule has 148 valence electrons. The SMILES string of the molecule is O=C(NNC(=O)C1CC(c2ccccc2)NN1)c1ccn(-c2ccccc2Cl)n1. The summed E-state index contributed by atoms with van der Waals surface area (Å²) in [7, 11) is 0. The summed E-state index contributed by atoms with van der Waals surface area (Å²) < 4.78 is 1.51. The average Bonchev–Trinajstić information content (AvgIpc) is 3.43. The van der Waals surface area contributed by atoms with Crippen LogP contribution in [0.1, 0.15) is 28.5 Å². The predicted molar refractivity (Wildman–Crippen MR) is 108 cm³/mol. The second-order valence-corrected chi connectivity index (χ2v) is 6.99. The zero-order valence-electron chi connectivity index (χ0n) is 15.3. The molecule has 4 N–H and O–H groups in total. The van der Waals surface area contributed by atoms with Crippen molar-refractivity contribution in [3.8, 4) is 5.69 Å². The fraction of sp³-hybridized carbons (Fsp3) is 0.150. The Bertz CT molecular complexity index is 1020. The number of nitrogens with zero attached hydrogens (tertiary/aromatic N) is 2. The lowest BCUT2D eigenvalue weighted by Crippen LogP contribution is -2.50. The molecule has 2 amide bonds. The second-order valence-electron chi connectivity index (χ2n) is 6.58. The number of benzene rings is 2. The van der Waals surface area contributed by atoms with E-state index in [0.29, 0.717) is 17.1 Å². The predicted octanol–water partition coefficient (Wildman–Crippen LogP) is 1.89. The maximum atomic E-state index is 12.4. The van der Waals surface area contributed by atoms with Crippen LogP contribution in [0.5, 0.6) is 0 Å². The summed E-state index contributed by atoms with van der Waals surface area (Å²) in [6.07, 6.45) is 2.19. The van der Waals surface area contributed by atoms with Crippen LogP contribution in [0.15, 0.2) is 66.9 Å². The van der Waals surface area contributed by atoms with Crippen LogP contribution in [0.4, 0.5) is 0 Å². The Morgan fingerprint density at radius 1 is 1.00 bits per heavy atom. The number of para-hydroxylation sites is 1. The number of hydrogen-bond acceptors (Lipinski definition) is 5. The van der Waals surface area contributed by atoms with Gasteiger partial charge in [0.2, 0.25) is 0 Å². The summed E-state index contributed by atoms with van der Waals surface area (Å²) in [6, 6.07) is 18.1. The Morgan fingerprint density at radius 3 is 2.55 bits per heavy atom. The van der Waals surface area contributed by atoms with E-state index in [-0.39, 0.29) is 17.6 Å². The van der Waals surface area contributed by atoms with Crippen LogP contribution in [0.25, 0.3) is 5.69 Å². The standard InChI is InChI=1S/C20H19ClN6O2/c21-14-8-4-5-9-18(14)27-11-10-15(26-27)19(28)24-25-20(29)17-12-16(22-23-17)13-6-2-1-3-7-13/h1-11,16-17,22-23H,12H2,(H,24,28)(H,25,29). The Kier molecular flexibility index (Phi) is 5.57. The highest BCUT2D eigenvalue weighted by atomic mass is 35.5. The molecule has 0 saturated carbocycles. The summed E-state index contributed by atoms with van der Waals surface area (Å²) in [5.74, 6) is -0.857. The van der Waals surface area contributed by atoms with Gasteiger partial charge in [0, 0.05) is 12.2 Å². The third-order valence-electron chi connectivity index (χ3n) is 4.64. The molecule has 0 aliphatic carbocycles. The van der Waals surface area contributed by atoms with Crippen LogP contribution < -0.4 is 21.7 Å². The van der Waals surface area contributed by atoms with Crippen LogP contribution in [0.3, 0.4) is 0 Å². The highest BCUT2D eigenvalue weighted by Crippen LogP contribution is 2.22. The first-order valence-electron chi connectivity index (χ1n) is 9.08. The molecule has 4 rings (SSSR count). The van der Waals surface area contributed by atoms with Gasteiger partial charge in [-0.3, -0.25) is 20.4 Å². The van der Waals surface area contributed by atoms with Crippen LogP contribution >= 0.6 is 11.6 Å². The van der Waals surface area contributed by atoms with Crippen molar-refractivity contribution in [2.24, 2.45) is 0 Å². The number of rotatable bonds is 4. The van der Waals surface area contributed by atoms with Crippen molar-refractivity contribution >= 4 is 23.4 Å². The normalized spacial score (nSPS) is 18.4. The number of carbonyl (C=O) groups is 2. The molecule has 1 fully saturated rings. The number of hydrogen-bond donors (Lipinski definition) is 4. The van der Waals surface area contributed by atoms with Crippen molar-refractivity contribution in [2.75, 3.05) is 0 Å². The van der Waals surface area contributed by atoms with Gasteiger partial charge in [-0.2, -0.15) is 5.10 Å². The fourth-order valence-electron chi connectivity index (χ4n) is 3.12. The van der Waals surface area contributed by atoms with E-state index in [1.54, 1.807) is 24.4 Å². The molecule has 0 bridgehead atoms. The number of carbonyl (C=O) groups excluding carboxylic acids is 2. The molecule has 0 spiro atoms. The van der Waals surface area contributed by atoms with Gasteiger partial charge in [0.05, 0.1) is 10.7 Å². The van der Waals surface area contributed by atoms with Gasteiger partial charge in [0.25, 0.3) is 11.8 Å². The molecule has 2 heterocycles. The molecule has 2 atom stereocenters. The Morgan fingerprint density at radius 2 is 1.76 bits per heavy atom. The molecule has 1 aliphatic rings. The summed E-state index contributed by atoms with van der Waals surface area (Å²) >= 11 is 6.15. The topological polar surface area (TPSA) is 100 Å². The molecule has 9 heteroatoms. The Balaban J connectivity index is 1.32. The first-order chi connectivity index (χ1) is 14.1. The van der Waals surface area contributed by atoms with E-state index in [1.165, 1.54) is 4.68 Å². The van der Waals surface area contributed by atoms with E-state index in [1.807, 2.05) is 42.5 Å². The van der Waals surface area contributed by atoms with Crippen LogP contribution in [-0.2, 0) is 4.79 Å². The van der Waals surface area contributed by atoms with Gasteiger partial charge in [-0.15, -0.1) is 0 Å². The van der Waals surface area contributed by atoms with Gasteiger partial charge < -0.3 is 0 Å². The lowest BCUT2D eigenvalue weighted by atomic mass is 10.0. The van der Waals surface area contributed by atoms with E-state index < -0.39 is 11.9 Å². The van der Waals surface area contributed by atoms with Crippen molar-refractivity contribution < 1.29 is 9.59 Å². The zero-order valence-corrected chi connectivity index (χ0v) is 16.1. The monoisotopic (exact) mass is 410 g/mol. The van der Waals surface area contributed by atoms with Gasteiger partial charge in [0.15, 0.2) is 5.69 Å². The van der Waals surface area contributed by atoms with Crippen LogP contribution in [0, 0.1) is 0 Å². The first kappa shape index (κ1) is 19.1. The van der Waals surface area contributed by atoms with Gasteiger partial charge in [-0.1, -0.05) is 54.1 Å². The first-order valence-corrected chi connectivity index (χ1v) is 9.46. The highest BCUT2D eigenvalue weighted by Gasteiger charge is 2.30. The Hall–Kier alpha value is -3.20. The minimum absolute atomic E-state index is 0.0222. The summed E-state index contributed by atoms with van der Waals surface area (Å²) in [4.78, 5) is 24.7. The summed E-state index contributed by atoms with van der Waals surface area (Å²) in [6.45, 7) is 0. The van der Waals surface area contributed by atoms with E-state index >= 15 is 0 Å². The maximum Gasteiger partial charge on any atom is 0.290 e. The smallest absolute Gasteiger partial charge is 0.271 e. The molecular formula is C20H19ClN6O2. The van der Waals surface area contributed by atoms with E-state index in [2.05, 4.69) is 26.8 Å². The third-order valence-corrected chi connectivity index (χ3v) is 4.96. The van der Waals surface area contributed by atoms with Gasteiger partial charge in [-0.05, 0) is 30.2 Å². The van der Waals surface area contributed by atoms with Crippen LogP contribution in [0.2, 0.25) is 5.02 Å². The number of nitrogens with one attached hydrogen (secondary N) is 4. The van der Waals surface area contributed by atoms with E-state index in [4.69, 9.17) is 11.6 Å². The van der Waals surface area contributed by atoms with Gasteiger partial charge in [-0.25, -0.2) is 15.5 Å². The molecule has 1 aromatic heterocycles. The molecular weight excluding hydrogens is 392 g/mol. The third kappa shape index (κ3) is 4.29. The molecule has 8 nitrogen and oxygen atoms in total. The zero-order chi connectivity index (χ0) is 20.2. The van der Waals surface area contributed by atoms with Crippen molar-refractivity contribution in [1.29, 1.82) is 0 Å². The van der Waals surface area contributed by atoms with Crippen molar-refractivity contribution in [3.63, 3.8) is 0 Å². The molecule has 3 aromatic rings. The lowest BCUT2D eigenvalue weighted by Gasteiger charge is -2.11. The quantitative estimate of drug-likeness (QED) is 0.492. The van der Waals surface area contributed by atoms with Crippen molar-refractivity contribution in [2.45, 2.75) is 18.5 Å². The van der Waals surface area contributed by atoms with Crippen molar-refractivity contribution in [1.82, 2.24) is 31.5 Å². The number of amides is 2. The molecule has 0 radical (unpaired) electrons. The minimum atomic E-state index is -0.519. The van der Waals surface area contributed by atoms with Crippen LogP contribution in [-0.4, -0.2) is 27.6 Å². The molecule has 1 aliphatic heterocycles. The molecule has 29 heavy (non-hydrogen) atoms. The molecule has 2 unspecified atom stereocenters. The second kappa shape index (κ2) is 8.44. The largest absolute Gasteiger partial charge is 0.290 e. The number of aromatic nitrogens is 2. The molecule has 1 saturated heterocycles. The lowest BCUT2D eigenvalue weighted by molar-refractivity contribution is -0.123. The number of hydrazine groups is 2. The van der Waals surface area contributed by atoms with Gasteiger partial charge >= 0.3 is 0 Å². The summed E-state index contributed by atoms with van der Waals surface area (Å²) in [5, 5.41) is 4.73.